The number of benzene rings is 1. The van der Waals surface area contributed by atoms with E-state index in [0.717, 1.165) is 12.1 Å². The third-order valence-electron chi connectivity index (χ3n) is 4.44. The number of hydrogen-bond donors (Lipinski definition) is 1. The number of carbonyl (C=O) groups is 3. The maximum atomic E-state index is 12.6. The largest absolute Gasteiger partial charge is 0.311 e. The summed E-state index contributed by atoms with van der Waals surface area (Å²) in [4.78, 5) is 46.1. The van der Waals surface area contributed by atoms with Crippen LogP contribution in [0.15, 0.2) is 46.8 Å². The molecule has 1 aromatic heterocycles. The number of nitrogens with one attached hydrogen (secondary N) is 1. The fraction of sp³-hybridized carbons (Fsp3) is 0.211. The number of allylic oxidation sites excluding steroid dienone is 1. The zero-order valence-corrected chi connectivity index (χ0v) is 15.1. The minimum Gasteiger partial charge on any atom is -0.311 e. The number of carbonyl (C=O) groups excluding carboxylic acids is 3. The second kappa shape index (κ2) is 7.24. The van der Waals surface area contributed by atoms with Crippen LogP contribution in [0.5, 0.6) is 0 Å². The molecule has 0 saturated carbocycles. The first kappa shape index (κ1) is 17.3. The van der Waals surface area contributed by atoms with E-state index in [2.05, 4.69) is 15.3 Å². The van der Waals surface area contributed by atoms with Crippen LogP contribution in [0.4, 0.5) is 10.8 Å². The summed E-state index contributed by atoms with van der Waals surface area (Å²) in [6.07, 6.45) is 5.42. The summed E-state index contributed by atoms with van der Waals surface area (Å²) in [5.74, 6) is -1.95. The summed E-state index contributed by atoms with van der Waals surface area (Å²) in [5.41, 5.74) is 2.72. The number of dihydropyridines is 1. The molecule has 0 fully saturated rings. The van der Waals surface area contributed by atoms with E-state index in [1.807, 2.05) is 24.3 Å². The molecule has 7 nitrogen and oxygen atoms in total. The lowest BCUT2D eigenvalue weighted by Crippen LogP contribution is -2.30. The number of para-hydroxylation sites is 1. The van der Waals surface area contributed by atoms with E-state index in [1.54, 1.807) is 16.4 Å². The van der Waals surface area contributed by atoms with Crippen molar-refractivity contribution in [3.05, 3.63) is 53.1 Å². The van der Waals surface area contributed by atoms with Gasteiger partial charge in [0.1, 0.15) is 5.92 Å². The molecule has 4 rings (SSSR count). The fourth-order valence-electron chi connectivity index (χ4n) is 3.12. The zero-order chi connectivity index (χ0) is 18.8. The second-order valence-electron chi connectivity index (χ2n) is 6.21. The molecule has 1 atom stereocenters. The maximum Gasteiger partial charge on any atom is 0.262 e. The first-order valence-electron chi connectivity index (χ1n) is 8.50. The van der Waals surface area contributed by atoms with Crippen LogP contribution in [0.1, 0.15) is 11.3 Å². The number of nitrogens with zero attached hydrogens (tertiary/aromatic N) is 3. The molecule has 1 unspecified atom stereocenters. The molecule has 2 aliphatic rings. The summed E-state index contributed by atoms with van der Waals surface area (Å²) < 4.78 is 0. The highest BCUT2D eigenvalue weighted by Crippen LogP contribution is 2.28. The average molecular weight is 380 g/mol. The molecule has 136 valence electrons. The third kappa shape index (κ3) is 3.56. The van der Waals surface area contributed by atoms with Gasteiger partial charge in [0.2, 0.25) is 11.8 Å². The highest BCUT2D eigenvalue weighted by molar-refractivity contribution is 7.14. The Hall–Kier alpha value is -3.13. The highest BCUT2D eigenvalue weighted by atomic mass is 32.1. The van der Waals surface area contributed by atoms with Crippen molar-refractivity contribution in [2.45, 2.75) is 12.8 Å². The van der Waals surface area contributed by atoms with Gasteiger partial charge in [-0.1, -0.05) is 24.3 Å². The minimum atomic E-state index is -0.940. The topological polar surface area (TPSA) is 91.7 Å². The molecule has 2 aromatic rings. The van der Waals surface area contributed by atoms with Crippen molar-refractivity contribution in [3.8, 4) is 0 Å². The van der Waals surface area contributed by atoms with Gasteiger partial charge >= 0.3 is 0 Å². The molecule has 3 amide bonds. The summed E-state index contributed by atoms with van der Waals surface area (Å²) in [6, 6.07) is 7.87. The lowest BCUT2D eigenvalue weighted by atomic mass is 10.1. The van der Waals surface area contributed by atoms with Crippen molar-refractivity contribution in [1.82, 2.24) is 4.98 Å². The number of fused-ring (bicyclic) bond motifs is 1. The molecular weight excluding hydrogens is 364 g/mol. The predicted molar refractivity (Wildman–Crippen MR) is 103 cm³/mol. The van der Waals surface area contributed by atoms with Gasteiger partial charge in [-0.25, -0.2) is 9.98 Å². The lowest BCUT2D eigenvalue weighted by molar-refractivity contribution is -0.128. The number of aliphatic imine (C=N–C) groups is 1. The predicted octanol–water partition coefficient (Wildman–Crippen LogP) is 2.00. The fourth-order valence-corrected chi connectivity index (χ4v) is 3.83. The highest BCUT2D eigenvalue weighted by Gasteiger charge is 2.27. The minimum absolute atomic E-state index is 0.0251. The zero-order valence-electron chi connectivity index (χ0n) is 14.3. The Labute approximate surface area is 159 Å². The van der Waals surface area contributed by atoms with Crippen LogP contribution in [-0.4, -0.2) is 35.5 Å². The van der Waals surface area contributed by atoms with Crippen LogP contribution < -0.4 is 10.2 Å². The van der Waals surface area contributed by atoms with Gasteiger partial charge in [0.15, 0.2) is 5.13 Å². The Balaban J connectivity index is 1.39. The molecule has 27 heavy (non-hydrogen) atoms. The Bertz CT molecular complexity index is 979. The van der Waals surface area contributed by atoms with Crippen molar-refractivity contribution in [2.75, 3.05) is 16.8 Å². The van der Waals surface area contributed by atoms with E-state index in [4.69, 9.17) is 0 Å². The quantitative estimate of drug-likeness (QED) is 0.821. The molecular formula is C19H16N4O3S. The summed E-state index contributed by atoms with van der Waals surface area (Å²) in [5, 5.41) is 4.72. The Kier molecular flexibility index (Phi) is 4.64. The van der Waals surface area contributed by atoms with Crippen molar-refractivity contribution >= 4 is 46.1 Å². The number of amides is 3. The van der Waals surface area contributed by atoms with E-state index >= 15 is 0 Å². The van der Waals surface area contributed by atoms with Gasteiger partial charge in [-0.2, -0.15) is 0 Å². The SMILES string of the molecule is O=C1N=CC=CC1C(=O)Nc1nc(CC(=O)N2CCc3ccccc32)cs1. The molecule has 1 aromatic carbocycles. The van der Waals surface area contributed by atoms with Crippen LogP contribution in [0.2, 0.25) is 0 Å². The van der Waals surface area contributed by atoms with Crippen LogP contribution >= 0.6 is 11.3 Å². The molecule has 0 saturated heterocycles. The van der Waals surface area contributed by atoms with E-state index in [9.17, 15) is 14.4 Å². The van der Waals surface area contributed by atoms with Crippen LogP contribution in [0, 0.1) is 5.92 Å². The van der Waals surface area contributed by atoms with Crippen LogP contribution in [0.25, 0.3) is 0 Å². The normalized spacial score (nSPS) is 17.9. The van der Waals surface area contributed by atoms with E-state index < -0.39 is 17.7 Å². The molecule has 2 aliphatic heterocycles. The van der Waals surface area contributed by atoms with Gasteiger partial charge in [0, 0.05) is 23.8 Å². The van der Waals surface area contributed by atoms with Crippen molar-refractivity contribution in [2.24, 2.45) is 10.9 Å². The van der Waals surface area contributed by atoms with Gasteiger partial charge in [-0.3, -0.25) is 14.4 Å². The third-order valence-corrected chi connectivity index (χ3v) is 5.25. The van der Waals surface area contributed by atoms with Gasteiger partial charge in [0.05, 0.1) is 12.1 Å². The molecule has 0 bridgehead atoms. The van der Waals surface area contributed by atoms with Crippen molar-refractivity contribution in [3.63, 3.8) is 0 Å². The Morgan fingerprint density at radius 2 is 2.15 bits per heavy atom. The molecule has 0 aliphatic carbocycles. The van der Waals surface area contributed by atoms with Crippen LogP contribution in [0.3, 0.4) is 0 Å². The molecule has 8 heteroatoms. The van der Waals surface area contributed by atoms with Gasteiger partial charge in [-0.15, -0.1) is 11.3 Å². The lowest BCUT2D eigenvalue weighted by Gasteiger charge is -2.16. The number of anilines is 2. The number of hydrogen-bond acceptors (Lipinski definition) is 5. The monoisotopic (exact) mass is 380 g/mol. The van der Waals surface area contributed by atoms with Gasteiger partial charge in [0.25, 0.3) is 5.91 Å². The van der Waals surface area contributed by atoms with E-state index in [-0.39, 0.29) is 12.3 Å². The average Bonchev–Trinajstić information content (AvgIpc) is 3.28. The molecule has 3 heterocycles. The summed E-state index contributed by atoms with van der Waals surface area (Å²) >= 11 is 1.23. The van der Waals surface area contributed by atoms with Crippen molar-refractivity contribution < 1.29 is 14.4 Å². The number of rotatable bonds is 4. The number of thiazole rings is 1. The maximum absolute atomic E-state index is 12.6. The summed E-state index contributed by atoms with van der Waals surface area (Å²) in [6.45, 7) is 0.669. The number of aromatic nitrogens is 1. The van der Waals surface area contributed by atoms with Gasteiger partial charge in [-0.05, 0) is 24.1 Å². The first-order valence-corrected chi connectivity index (χ1v) is 9.38. The van der Waals surface area contributed by atoms with Crippen LogP contribution in [-0.2, 0) is 27.2 Å². The molecule has 0 spiro atoms. The smallest absolute Gasteiger partial charge is 0.262 e. The first-order chi connectivity index (χ1) is 13.1. The Morgan fingerprint density at radius 1 is 1.30 bits per heavy atom. The molecule has 1 N–H and O–H groups in total. The summed E-state index contributed by atoms with van der Waals surface area (Å²) in [7, 11) is 0. The standard InChI is InChI=1S/C19H16N4O3S/c24-16(23-9-7-12-4-1-2-6-15(12)23)10-13-11-27-19(21-13)22-18(26)14-5-3-8-20-17(14)25/h1-6,8,11,14H,7,9-10H2,(H,21,22,26). The Morgan fingerprint density at radius 3 is 3.00 bits per heavy atom. The van der Waals surface area contributed by atoms with E-state index in [1.165, 1.54) is 29.2 Å². The van der Waals surface area contributed by atoms with Crippen molar-refractivity contribution in [1.29, 1.82) is 0 Å². The second-order valence-corrected chi connectivity index (χ2v) is 7.07. The molecule has 0 radical (unpaired) electrons. The van der Waals surface area contributed by atoms with Gasteiger partial charge < -0.3 is 10.2 Å². The van der Waals surface area contributed by atoms with E-state index in [0.29, 0.717) is 17.4 Å².